The first kappa shape index (κ1) is 16.3. The maximum absolute atomic E-state index is 12.6. The van der Waals surface area contributed by atoms with Crippen LogP contribution in [0.15, 0.2) is 18.5 Å². The van der Waals surface area contributed by atoms with Gasteiger partial charge in [-0.25, -0.2) is 0 Å². The van der Waals surface area contributed by atoms with Crippen LogP contribution in [0.1, 0.15) is 26.8 Å². The Hall–Kier alpha value is -1.57. The van der Waals surface area contributed by atoms with Crippen molar-refractivity contribution in [3.63, 3.8) is 0 Å². The first-order chi connectivity index (χ1) is 11.1. The van der Waals surface area contributed by atoms with Gasteiger partial charge in [0.1, 0.15) is 10.0 Å². The predicted octanol–water partition coefficient (Wildman–Crippen LogP) is 2.24. The Bertz CT molecular complexity index is 692. The molecule has 122 valence electrons. The zero-order valence-corrected chi connectivity index (χ0v) is 14.5. The second-order valence-electron chi connectivity index (χ2n) is 5.49. The number of hydrogen-bond donors (Lipinski definition) is 0. The highest BCUT2D eigenvalue weighted by atomic mass is 35.5. The highest BCUT2D eigenvalue weighted by Crippen LogP contribution is 2.18. The van der Waals surface area contributed by atoms with Gasteiger partial charge in [0.25, 0.3) is 5.91 Å². The van der Waals surface area contributed by atoms with E-state index in [1.165, 1.54) is 6.20 Å². The maximum atomic E-state index is 12.6. The molecule has 0 bridgehead atoms. The summed E-state index contributed by atoms with van der Waals surface area (Å²) < 4.78 is 0. The van der Waals surface area contributed by atoms with Crippen molar-refractivity contribution in [2.45, 2.75) is 19.9 Å². The van der Waals surface area contributed by atoms with Crippen LogP contribution in [0, 0.1) is 6.92 Å². The fraction of sp³-hybridized carbons (Fsp3) is 0.467. The zero-order valence-electron chi connectivity index (χ0n) is 12.9. The van der Waals surface area contributed by atoms with E-state index in [-0.39, 0.29) is 5.91 Å². The van der Waals surface area contributed by atoms with E-state index in [1.54, 1.807) is 23.6 Å². The molecule has 0 spiro atoms. The van der Waals surface area contributed by atoms with Crippen LogP contribution in [0.25, 0.3) is 0 Å². The second kappa shape index (κ2) is 7.33. The van der Waals surface area contributed by atoms with E-state index in [9.17, 15) is 4.79 Å². The molecule has 1 fully saturated rings. The minimum Gasteiger partial charge on any atom is -0.337 e. The van der Waals surface area contributed by atoms with Gasteiger partial charge in [-0.3, -0.25) is 14.7 Å². The largest absolute Gasteiger partial charge is 0.337 e. The van der Waals surface area contributed by atoms with Crippen LogP contribution < -0.4 is 0 Å². The summed E-state index contributed by atoms with van der Waals surface area (Å²) in [4.78, 5) is 20.7. The average molecular weight is 352 g/mol. The van der Waals surface area contributed by atoms with E-state index in [0.717, 1.165) is 42.6 Å². The maximum Gasteiger partial charge on any atom is 0.255 e. The number of carbonyl (C=O) groups is 1. The van der Waals surface area contributed by atoms with Crippen LogP contribution in [-0.2, 0) is 6.54 Å². The summed E-state index contributed by atoms with van der Waals surface area (Å²) in [6.45, 7) is 5.96. The third-order valence-corrected chi connectivity index (χ3v) is 4.93. The Morgan fingerprint density at radius 3 is 2.91 bits per heavy atom. The van der Waals surface area contributed by atoms with Crippen molar-refractivity contribution < 1.29 is 4.79 Å². The zero-order chi connectivity index (χ0) is 16.2. The molecule has 0 saturated carbocycles. The van der Waals surface area contributed by atoms with Gasteiger partial charge in [0.2, 0.25) is 0 Å². The molecule has 1 aliphatic rings. The van der Waals surface area contributed by atoms with Gasteiger partial charge in [0.15, 0.2) is 0 Å². The lowest BCUT2D eigenvalue weighted by Gasteiger charge is -2.21. The van der Waals surface area contributed by atoms with Gasteiger partial charge in [0.05, 0.1) is 17.1 Å². The normalized spacial score (nSPS) is 16.3. The van der Waals surface area contributed by atoms with Gasteiger partial charge in [0, 0.05) is 38.6 Å². The molecule has 2 aromatic rings. The highest BCUT2D eigenvalue weighted by Gasteiger charge is 2.22. The molecule has 0 radical (unpaired) electrons. The molecular weight excluding hydrogens is 334 g/mol. The third kappa shape index (κ3) is 4.04. The van der Waals surface area contributed by atoms with Crippen molar-refractivity contribution in [1.29, 1.82) is 0 Å². The van der Waals surface area contributed by atoms with Crippen LogP contribution in [0.3, 0.4) is 0 Å². The molecule has 6 nitrogen and oxygen atoms in total. The van der Waals surface area contributed by atoms with Crippen LogP contribution >= 0.6 is 22.9 Å². The summed E-state index contributed by atoms with van der Waals surface area (Å²) in [5.74, 6) is -0.0222. The monoisotopic (exact) mass is 351 g/mol. The summed E-state index contributed by atoms with van der Waals surface area (Å²) >= 11 is 7.71. The quantitative estimate of drug-likeness (QED) is 0.848. The van der Waals surface area contributed by atoms with Crippen LogP contribution in [0.5, 0.6) is 0 Å². The first-order valence-electron chi connectivity index (χ1n) is 7.53. The van der Waals surface area contributed by atoms with Crippen molar-refractivity contribution in [2.75, 3.05) is 26.2 Å². The second-order valence-corrected chi connectivity index (χ2v) is 7.17. The number of amides is 1. The first-order valence-corrected chi connectivity index (χ1v) is 8.73. The fourth-order valence-corrected chi connectivity index (χ4v) is 3.60. The summed E-state index contributed by atoms with van der Waals surface area (Å²) in [7, 11) is 0. The molecule has 0 N–H and O–H groups in total. The molecule has 0 aromatic carbocycles. The minimum absolute atomic E-state index is 0.0222. The lowest BCUT2D eigenvalue weighted by Crippen LogP contribution is -2.35. The molecule has 0 atom stereocenters. The van der Waals surface area contributed by atoms with Gasteiger partial charge < -0.3 is 4.90 Å². The number of aromatic nitrogens is 3. The SMILES string of the molecule is Cc1nnc(CN2CCCN(C(=O)c3ccncc3Cl)CC2)s1. The number of hydrogen-bond acceptors (Lipinski definition) is 6. The number of carbonyl (C=O) groups excluding carboxylic acids is 1. The van der Waals surface area contributed by atoms with Gasteiger partial charge in [-0.05, 0) is 19.4 Å². The van der Waals surface area contributed by atoms with Crippen molar-refractivity contribution >= 4 is 28.8 Å². The van der Waals surface area contributed by atoms with Crippen LogP contribution in [0.2, 0.25) is 5.02 Å². The molecule has 3 heterocycles. The average Bonchev–Trinajstić information content (AvgIpc) is 2.81. The Morgan fingerprint density at radius 2 is 2.17 bits per heavy atom. The molecule has 1 aliphatic heterocycles. The van der Waals surface area contributed by atoms with Crippen molar-refractivity contribution in [1.82, 2.24) is 25.0 Å². The van der Waals surface area contributed by atoms with Gasteiger partial charge in [-0.1, -0.05) is 11.6 Å². The predicted molar refractivity (Wildman–Crippen MR) is 89.7 cm³/mol. The van der Waals surface area contributed by atoms with E-state index in [0.29, 0.717) is 17.1 Å². The van der Waals surface area contributed by atoms with E-state index in [1.807, 2.05) is 11.8 Å². The topological polar surface area (TPSA) is 62.2 Å². The number of nitrogens with zero attached hydrogens (tertiary/aromatic N) is 5. The highest BCUT2D eigenvalue weighted by molar-refractivity contribution is 7.11. The van der Waals surface area contributed by atoms with Crippen molar-refractivity contribution in [3.8, 4) is 0 Å². The fourth-order valence-electron chi connectivity index (χ4n) is 2.64. The minimum atomic E-state index is -0.0222. The van der Waals surface area contributed by atoms with E-state index in [4.69, 9.17) is 11.6 Å². The molecule has 23 heavy (non-hydrogen) atoms. The molecule has 8 heteroatoms. The van der Waals surface area contributed by atoms with E-state index in [2.05, 4.69) is 20.1 Å². The van der Waals surface area contributed by atoms with E-state index < -0.39 is 0 Å². The molecule has 1 amide bonds. The van der Waals surface area contributed by atoms with Crippen molar-refractivity contribution in [2.24, 2.45) is 0 Å². The Balaban J connectivity index is 1.62. The van der Waals surface area contributed by atoms with E-state index >= 15 is 0 Å². The molecule has 3 rings (SSSR count). The number of rotatable bonds is 3. The molecular formula is C15H18ClN5OS. The molecule has 1 saturated heterocycles. The Labute approximate surface area is 144 Å². The Morgan fingerprint density at radius 1 is 1.30 bits per heavy atom. The summed E-state index contributed by atoms with van der Waals surface area (Å²) in [5.41, 5.74) is 0.523. The van der Waals surface area contributed by atoms with Crippen LogP contribution in [-0.4, -0.2) is 57.1 Å². The standard InChI is InChI=1S/C15H18ClN5OS/c1-11-18-19-14(23-11)10-20-5-2-6-21(8-7-20)15(22)12-3-4-17-9-13(12)16/h3-4,9H,2,5-8,10H2,1H3. The van der Waals surface area contributed by atoms with Gasteiger partial charge >= 0.3 is 0 Å². The molecule has 2 aromatic heterocycles. The van der Waals surface area contributed by atoms with Gasteiger partial charge in [-0.15, -0.1) is 21.5 Å². The molecule has 0 aliphatic carbocycles. The number of halogens is 1. The molecule has 0 unspecified atom stereocenters. The van der Waals surface area contributed by atoms with Gasteiger partial charge in [-0.2, -0.15) is 0 Å². The Kier molecular flexibility index (Phi) is 5.20. The summed E-state index contributed by atoms with van der Waals surface area (Å²) in [6.07, 6.45) is 4.05. The lowest BCUT2D eigenvalue weighted by atomic mass is 10.2. The summed E-state index contributed by atoms with van der Waals surface area (Å²) in [6, 6.07) is 1.68. The lowest BCUT2D eigenvalue weighted by molar-refractivity contribution is 0.0761. The number of aryl methyl sites for hydroxylation is 1. The third-order valence-electron chi connectivity index (χ3n) is 3.81. The summed E-state index contributed by atoms with van der Waals surface area (Å²) in [5, 5.41) is 10.6. The van der Waals surface area contributed by atoms with Crippen molar-refractivity contribution in [3.05, 3.63) is 39.1 Å². The van der Waals surface area contributed by atoms with Crippen LogP contribution in [0.4, 0.5) is 0 Å². The smallest absolute Gasteiger partial charge is 0.255 e. The number of pyridine rings is 1.